The molecule has 5 heteroatoms. The third-order valence-electron chi connectivity index (χ3n) is 20.7. The molecule has 16 aromatic carbocycles. The number of fused-ring (bicyclic) bond motifs is 10. The van der Waals surface area contributed by atoms with Crippen LogP contribution in [0.4, 0.5) is 51.2 Å². The Kier molecular flexibility index (Phi) is 11.5. The van der Waals surface area contributed by atoms with E-state index < -0.39 is 0 Å². The lowest BCUT2D eigenvalue weighted by molar-refractivity contribution is 1.28. The molecule has 16 aromatic rings. The molecule has 0 radical (unpaired) electrons. The minimum Gasteiger partial charge on any atom is -0.310 e. The Balaban J connectivity index is 0.940. The molecule has 0 saturated heterocycles. The first-order valence-corrected chi connectivity index (χ1v) is 32.9. The van der Waals surface area contributed by atoms with Gasteiger partial charge >= 0.3 is 0 Å². The zero-order valence-corrected chi connectivity index (χ0v) is 51.7. The summed E-state index contributed by atoms with van der Waals surface area (Å²) >= 11 is 0. The van der Waals surface area contributed by atoms with Crippen molar-refractivity contribution < 1.29 is 0 Å². The van der Waals surface area contributed by atoms with Crippen LogP contribution in [0.3, 0.4) is 0 Å². The van der Waals surface area contributed by atoms with Crippen LogP contribution < -0.4 is 47.5 Å². The smallest absolute Gasteiger partial charge is 0.244 e. The van der Waals surface area contributed by atoms with Gasteiger partial charge in [0.15, 0.2) is 0 Å². The van der Waals surface area contributed by atoms with Gasteiger partial charge in [-0.3, -0.25) is 0 Å². The van der Waals surface area contributed by atoms with Crippen LogP contribution in [-0.4, -0.2) is 13.4 Å². The molecule has 94 heavy (non-hydrogen) atoms. The molecule has 0 N–H and O–H groups in total. The highest BCUT2D eigenvalue weighted by atomic mass is 15.2. The van der Waals surface area contributed by atoms with Crippen LogP contribution in [0.2, 0.25) is 0 Å². The molecule has 4 aliphatic heterocycles. The second-order valence-electron chi connectivity index (χ2n) is 25.9. The first-order chi connectivity index (χ1) is 46.6. The van der Waals surface area contributed by atoms with Crippen LogP contribution in [-0.2, 0) is 0 Å². The van der Waals surface area contributed by atoms with E-state index in [4.69, 9.17) is 0 Å². The van der Waals surface area contributed by atoms with Gasteiger partial charge in [-0.15, -0.1) is 0 Å². The van der Waals surface area contributed by atoms with Gasteiger partial charge in [0, 0.05) is 51.2 Å². The lowest BCUT2D eigenvalue weighted by Crippen LogP contribution is -2.53. The summed E-state index contributed by atoms with van der Waals surface area (Å²) in [4.78, 5) is 7.34. The van der Waals surface area contributed by atoms with E-state index in [1.54, 1.807) is 0 Å². The molecule has 0 saturated carbocycles. The van der Waals surface area contributed by atoms with E-state index in [0.29, 0.717) is 0 Å². The molecule has 0 aromatic heterocycles. The molecule has 3 nitrogen and oxygen atoms in total. The molecule has 0 aliphatic carbocycles. The summed E-state index contributed by atoms with van der Waals surface area (Å²) in [5, 5.41) is 7.95. The molecule has 0 atom stereocenters. The lowest BCUT2D eigenvalue weighted by atomic mass is 9.34. The van der Waals surface area contributed by atoms with Crippen molar-refractivity contribution in [3.8, 4) is 66.8 Å². The largest absolute Gasteiger partial charge is 0.310 e. The Morgan fingerprint density at radius 1 is 0.202 bits per heavy atom. The second kappa shape index (κ2) is 20.6. The van der Waals surface area contributed by atoms with E-state index in [9.17, 15) is 0 Å². The molecule has 20 rings (SSSR count). The average molecular weight is 1190 g/mol. The van der Waals surface area contributed by atoms with Gasteiger partial charge in [0.2, 0.25) is 13.4 Å². The van der Waals surface area contributed by atoms with E-state index in [1.165, 1.54) is 137 Å². The van der Waals surface area contributed by atoms with Crippen molar-refractivity contribution in [3.63, 3.8) is 0 Å². The highest BCUT2D eigenvalue weighted by Gasteiger charge is 2.46. The Hall–Kier alpha value is -11.9. The third kappa shape index (κ3) is 7.76. The van der Waals surface area contributed by atoms with Crippen LogP contribution in [0.1, 0.15) is 5.56 Å². The number of para-hydroxylation sites is 6. The highest BCUT2D eigenvalue weighted by molar-refractivity contribution is 7.03. The number of aryl methyl sites for hydroxylation is 1. The summed E-state index contributed by atoms with van der Waals surface area (Å²) in [5.74, 6) is 0. The van der Waals surface area contributed by atoms with E-state index in [2.05, 4.69) is 349 Å². The van der Waals surface area contributed by atoms with Gasteiger partial charge < -0.3 is 14.7 Å². The van der Waals surface area contributed by atoms with E-state index in [0.717, 1.165) is 51.2 Å². The zero-order chi connectivity index (χ0) is 61.7. The molecule has 4 aliphatic rings. The molecule has 434 valence electrons. The monoisotopic (exact) mass is 1190 g/mol. The molecule has 0 fully saturated rings. The second-order valence-corrected chi connectivity index (χ2v) is 25.9. The van der Waals surface area contributed by atoms with Crippen LogP contribution in [0.15, 0.2) is 328 Å². The van der Waals surface area contributed by atoms with Crippen LogP contribution in [0.5, 0.6) is 0 Å². The minimum atomic E-state index is -0.0676. The van der Waals surface area contributed by atoms with Crippen molar-refractivity contribution in [3.05, 3.63) is 333 Å². The number of hydrogen-bond donors (Lipinski definition) is 0. The van der Waals surface area contributed by atoms with Gasteiger partial charge in [-0.2, -0.15) is 0 Å². The van der Waals surface area contributed by atoms with Gasteiger partial charge in [-0.1, -0.05) is 245 Å². The van der Waals surface area contributed by atoms with Crippen molar-refractivity contribution in [2.75, 3.05) is 14.7 Å². The summed E-state index contributed by atoms with van der Waals surface area (Å²) in [6.45, 7) is 2.19. The van der Waals surface area contributed by atoms with Crippen molar-refractivity contribution in [2.45, 2.75) is 6.92 Å². The zero-order valence-electron chi connectivity index (χ0n) is 51.7. The van der Waals surface area contributed by atoms with Gasteiger partial charge in [0.25, 0.3) is 0 Å². The first-order valence-electron chi connectivity index (χ1n) is 32.9. The summed E-state index contributed by atoms with van der Waals surface area (Å²) < 4.78 is 0. The Morgan fingerprint density at radius 2 is 0.500 bits per heavy atom. The van der Waals surface area contributed by atoms with E-state index in [1.807, 2.05) is 0 Å². The summed E-state index contributed by atoms with van der Waals surface area (Å²) in [5.41, 5.74) is 34.7. The minimum absolute atomic E-state index is 0.00366. The Morgan fingerprint density at radius 3 is 0.862 bits per heavy atom. The summed E-state index contributed by atoms with van der Waals surface area (Å²) in [6.07, 6.45) is 0. The molecule has 0 spiro atoms. The van der Waals surface area contributed by atoms with Crippen molar-refractivity contribution in [1.29, 1.82) is 0 Å². The van der Waals surface area contributed by atoms with E-state index >= 15 is 0 Å². The predicted octanol–water partition coefficient (Wildman–Crippen LogP) is 19.6. The maximum Gasteiger partial charge on any atom is 0.244 e. The number of benzene rings is 16. The van der Waals surface area contributed by atoms with Gasteiger partial charge in [0.1, 0.15) is 0 Å². The van der Waals surface area contributed by atoms with Crippen molar-refractivity contribution >= 4 is 130 Å². The molecular formula is C89H57B2N3. The Labute approximate surface area is 547 Å². The van der Waals surface area contributed by atoms with Crippen LogP contribution in [0, 0.1) is 6.92 Å². The maximum atomic E-state index is 2.67. The third-order valence-corrected chi connectivity index (χ3v) is 20.7. The topological polar surface area (TPSA) is 9.72 Å². The van der Waals surface area contributed by atoms with Gasteiger partial charge in [-0.25, -0.2) is 0 Å². The number of rotatable bonds is 11. The average Bonchev–Trinajstić information content (AvgIpc) is 1.22. The molecule has 4 heterocycles. The fourth-order valence-electron chi connectivity index (χ4n) is 17.0. The summed E-state index contributed by atoms with van der Waals surface area (Å²) in [7, 11) is 0. The quantitative estimate of drug-likeness (QED) is 0.0944. The first kappa shape index (κ1) is 52.8. The molecule has 0 unspecified atom stereocenters. The van der Waals surface area contributed by atoms with E-state index in [-0.39, 0.29) is 13.4 Å². The molecule has 0 amide bonds. The SMILES string of the molecule is Cc1ccc2c(c1)-c1cc(N(c3ccccc3)c3ccccc3)cc3c1B2c1cc2c(-c4ccccc4)cc4c5c(cc6c(-c7ccccc7)cc-3c1c6c25)B1c2ccc(N(c3ccccc3)c3ccccc3)cc2-c2cc(N(c3ccccc3)c3ccccc3)cc-4c21. The molecular weight excluding hydrogens is 1130 g/mol. The fourth-order valence-corrected chi connectivity index (χ4v) is 17.0. The standard InChI is InChI=1S/C89H57B2N3/c1-56-42-44-80-70(46-56)76-48-66(93(61-34-18-6-19-35-61)62-36-20-7-21-37-62)50-78-72-52-68(57-26-10-2-11-27-57)75-55-83-85-73(53-69(58-28-12-3-13-29-58)74-54-82(90(80)88(76)78)84(72)86(75)87(74)85)79-51-67(94(63-38-22-8-23-39-63)64-40-24-9-25-41-64)49-77-71-47-65(43-45-81(71)91(83)89(77)79)92(59-30-14-4-15-31-59)60-32-16-5-17-33-60/h2-55H,1H3. The normalized spacial score (nSPS) is 12.5. The van der Waals surface area contributed by atoms with Gasteiger partial charge in [0.05, 0.1) is 0 Å². The lowest BCUT2D eigenvalue weighted by Gasteiger charge is -2.34. The highest BCUT2D eigenvalue weighted by Crippen LogP contribution is 2.54. The number of nitrogens with zero attached hydrogens (tertiary/aromatic N) is 3. The van der Waals surface area contributed by atoms with Crippen molar-refractivity contribution in [2.24, 2.45) is 0 Å². The predicted molar refractivity (Wildman–Crippen MR) is 401 cm³/mol. The van der Waals surface area contributed by atoms with Crippen LogP contribution in [0.25, 0.3) is 99.1 Å². The van der Waals surface area contributed by atoms with Crippen molar-refractivity contribution in [1.82, 2.24) is 0 Å². The summed E-state index contributed by atoms with van der Waals surface area (Å²) in [6, 6.07) is 123. The maximum absolute atomic E-state index is 2.67. The fraction of sp³-hybridized carbons (Fsp3) is 0.0112. The number of hydrogen-bond acceptors (Lipinski definition) is 3. The number of anilines is 9. The van der Waals surface area contributed by atoms with Crippen LogP contribution >= 0.6 is 0 Å². The molecule has 0 bridgehead atoms. The Bertz CT molecular complexity index is 5580. The van der Waals surface area contributed by atoms with Gasteiger partial charge in [-0.05, 0) is 227 Å².